The largest absolute Gasteiger partial charge is 0.359 e. The van der Waals surface area contributed by atoms with Crippen LogP contribution >= 0.6 is 11.6 Å². The number of hydrogen-bond acceptors (Lipinski definition) is 5. The molecule has 0 bridgehead atoms. The van der Waals surface area contributed by atoms with Gasteiger partial charge >= 0.3 is 0 Å². The van der Waals surface area contributed by atoms with Gasteiger partial charge in [-0.3, -0.25) is 19.2 Å². The van der Waals surface area contributed by atoms with Crippen molar-refractivity contribution in [1.82, 2.24) is 26.2 Å². The molecule has 11 heteroatoms. The molecule has 2 rings (SSSR count). The minimum absolute atomic E-state index is 0.596. The molecule has 2 aromatic rings. The molecule has 288 valence electrons. The molecule has 0 saturated heterocycles. The van der Waals surface area contributed by atoms with Crippen molar-refractivity contribution in [2.45, 2.75) is 90.5 Å². The highest BCUT2D eigenvalue weighted by Crippen LogP contribution is 2.21. The van der Waals surface area contributed by atoms with Crippen molar-refractivity contribution in [3.63, 3.8) is 0 Å². The van der Waals surface area contributed by atoms with Crippen LogP contribution in [-0.4, -0.2) is 101 Å². The number of alkyl halides is 1. The van der Waals surface area contributed by atoms with E-state index in [0.29, 0.717) is 43.6 Å². The van der Waals surface area contributed by atoms with Crippen molar-refractivity contribution in [2.75, 3.05) is 66.5 Å². The van der Waals surface area contributed by atoms with Gasteiger partial charge in [-0.2, -0.15) is 0 Å². The molecule has 51 heavy (non-hydrogen) atoms. The quantitative estimate of drug-likeness (QED) is 0.0416. The molecule has 0 heterocycles. The molecule has 0 saturated carbocycles. The van der Waals surface area contributed by atoms with E-state index in [2.05, 4.69) is 109 Å². The Labute approximate surface area is 314 Å². The van der Waals surface area contributed by atoms with Gasteiger partial charge in [0.25, 0.3) is 0 Å². The van der Waals surface area contributed by atoms with Crippen LogP contribution in [0.2, 0.25) is 0 Å². The van der Waals surface area contributed by atoms with Gasteiger partial charge in [-0.05, 0) is 74.3 Å². The van der Waals surface area contributed by atoms with E-state index >= 15 is 0 Å². The summed E-state index contributed by atoms with van der Waals surface area (Å²) in [6.45, 7) is 16.7. The molecule has 0 spiro atoms. The first-order chi connectivity index (χ1) is 24.6. The summed E-state index contributed by atoms with van der Waals surface area (Å²) in [6, 6.07) is 17.5. The summed E-state index contributed by atoms with van der Waals surface area (Å²) in [5, 5.41) is 10.7. The number of nitrogens with zero attached hydrogens (tertiary/aromatic N) is 2. The maximum atomic E-state index is 10.4. The summed E-state index contributed by atoms with van der Waals surface area (Å²) >= 11 is 5.69. The van der Waals surface area contributed by atoms with Crippen LogP contribution in [0, 0.1) is 0 Å². The highest BCUT2D eigenvalue weighted by atomic mass is 35.5. The van der Waals surface area contributed by atoms with E-state index in [4.69, 9.17) is 11.6 Å². The molecule has 4 amide bonds. The summed E-state index contributed by atoms with van der Waals surface area (Å²) in [5.74, 6) is 1.87. The zero-order chi connectivity index (χ0) is 38.2. The van der Waals surface area contributed by atoms with Crippen LogP contribution in [0.4, 0.5) is 0 Å². The molecular formula is C40H68ClN6O4+. The van der Waals surface area contributed by atoms with Gasteiger partial charge in [0.15, 0.2) is 0 Å². The van der Waals surface area contributed by atoms with Gasteiger partial charge in [-0.1, -0.05) is 76.2 Å². The molecule has 2 atom stereocenters. The van der Waals surface area contributed by atoms with E-state index < -0.39 is 0 Å². The Kier molecular flexibility index (Phi) is 29.2. The predicted octanol–water partition coefficient (Wildman–Crippen LogP) is 5.55. The number of nitrogens with one attached hydrogen (secondary N) is 4. The maximum Gasteiger partial charge on any atom is 0.207 e. The molecule has 0 fully saturated rings. The topological polar surface area (TPSA) is 120 Å². The van der Waals surface area contributed by atoms with Crippen molar-refractivity contribution in [2.24, 2.45) is 0 Å². The fourth-order valence-corrected chi connectivity index (χ4v) is 5.62. The van der Waals surface area contributed by atoms with Gasteiger partial charge in [0.2, 0.25) is 25.6 Å². The molecule has 4 N–H and O–H groups in total. The highest BCUT2D eigenvalue weighted by Gasteiger charge is 2.21. The van der Waals surface area contributed by atoms with Crippen molar-refractivity contribution >= 4 is 37.2 Å². The van der Waals surface area contributed by atoms with Crippen LogP contribution in [0.1, 0.15) is 100 Å². The average Bonchev–Trinajstić information content (AvgIpc) is 3.16. The first-order valence-corrected chi connectivity index (χ1v) is 19.1. The minimum atomic E-state index is 0.596. The Morgan fingerprint density at radius 1 is 0.627 bits per heavy atom. The summed E-state index contributed by atoms with van der Waals surface area (Å²) < 4.78 is 0.907. The summed E-state index contributed by atoms with van der Waals surface area (Å²) in [6.07, 6.45) is 9.09. The molecule has 0 aromatic heterocycles. The van der Waals surface area contributed by atoms with Crippen molar-refractivity contribution in [3.8, 4) is 0 Å². The number of hydrogen-bond donors (Lipinski definition) is 4. The lowest BCUT2D eigenvalue weighted by molar-refractivity contribution is -0.922. The Bertz CT molecular complexity index is 1120. The fraction of sp³-hybridized carbons (Fsp3) is 0.600. The van der Waals surface area contributed by atoms with Crippen LogP contribution < -0.4 is 21.3 Å². The number of benzene rings is 2. The maximum absolute atomic E-state index is 10.4. The van der Waals surface area contributed by atoms with Gasteiger partial charge in [-0.25, -0.2) is 0 Å². The lowest BCUT2D eigenvalue weighted by Gasteiger charge is -2.35. The molecule has 10 nitrogen and oxygen atoms in total. The van der Waals surface area contributed by atoms with Crippen LogP contribution in [0.15, 0.2) is 48.5 Å². The third-order valence-electron chi connectivity index (χ3n) is 9.13. The molecule has 0 aliphatic heterocycles. The molecule has 0 radical (unpaired) electrons. The van der Waals surface area contributed by atoms with Gasteiger partial charge < -0.3 is 30.7 Å². The number of quaternary nitrogens is 1. The first-order valence-electron chi connectivity index (χ1n) is 18.6. The van der Waals surface area contributed by atoms with Crippen molar-refractivity contribution in [3.05, 3.63) is 70.8 Å². The lowest BCUT2D eigenvalue weighted by atomic mass is 9.97. The minimum Gasteiger partial charge on any atom is -0.359 e. The second-order valence-corrected chi connectivity index (χ2v) is 13.7. The number of rotatable bonds is 27. The fourth-order valence-electron chi connectivity index (χ4n) is 5.44. The van der Waals surface area contributed by atoms with Crippen LogP contribution in [0.25, 0.3) is 0 Å². The van der Waals surface area contributed by atoms with E-state index in [1.54, 1.807) is 0 Å². The van der Waals surface area contributed by atoms with Gasteiger partial charge in [0.1, 0.15) is 6.54 Å². The molecule has 2 aromatic carbocycles. The summed E-state index contributed by atoms with van der Waals surface area (Å²) in [4.78, 5) is 42.9. The zero-order valence-electron chi connectivity index (χ0n) is 32.3. The Balaban J connectivity index is 0.000000810. The standard InChI is InChI=1S/C20H33N3O2.C11H15Cl.C9H19N3O2/c1-4-18(2)20-9-7-19(8-10-20)15-23(3,13-5-11-21-16-24)14-6-12-22-17-25;1-3-9(2)11-6-4-10(8-12)5-7-11;1-12(6-2-4-10-8-13)7-3-5-11-9-14/h7-10,16-18H,4-6,11-15H2,1-3H3,(H-,21,22,24,25);4-7,9H,3,8H2,1-2H3;8-9H,2-7H2,1H3,(H,10,13)(H,11,14)/p+1. The number of amides is 4. The second-order valence-electron chi connectivity index (χ2n) is 13.5. The van der Waals surface area contributed by atoms with E-state index in [1.165, 1.54) is 28.7 Å². The molecule has 0 aliphatic carbocycles. The molecular weight excluding hydrogens is 664 g/mol. The summed E-state index contributed by atoms with van der Waals surface area (Å²) in [5.41, 5.74) is 5.34. The van der Waals surface area contributed by atoms with E-state index in [0.717, 1.165) is 95.2 Å². The third kappa shape index (κ3) is 24.4. The molecule has 0 aliphatic rings. The normalized spacial score (nSPS) is 11.8. The lowest BCUT2D eigenvalue weighted by Crippen LogP contribution is -2.46. The van der Waals surface area contributed by atoms with E-state index in [-0.39, 0.29) is 0 Å². The first kappa shape index (κ1) is 47.5. The van der Waals surface area contributed by atoms with Crippen molar-refractivity contribution in [1.29, 1.82) is 0 Å². The Morgan fingerprint density at radius 3 is 1.31 bits per heavy atom. The van der Waals surface area contributed by atoms with E-state index in [9.17, 15) is 19.2 Å². The number of carbonyl (C=O) groups excluding carboxylic acids is 4. The second kappa shape index (κ2) is 31.3. The van der Waals surface area contributed by atoms with Crippen LogP contribution in [0.5, 0.6) is 0 Å². The number of carbonyl (C=O) groups is 4. The van der Waals surface area contributed by atoms with Crippen molar-refractivity contribution < 1.29 is 23.7 Å². The predicted molar refractivity (Wildman–Crippen MR) is 212 cm³/mol. The third-order valence-corrected chi connectivity index (χ3v) is 9.44. The van der Waals surface area contributed by atoms with Gasteiger partial charge in [0, 0.05) is 50.5 Å². The smallest absolute Gasteiger partial charge is 0.207 e. The SMILES string of the molecule is CCC(C)c1ccc(CCl)cc1.CCC(C)c1ccc(C[N+](C)(CCCNC=O)CCCNC=O)cc1.CN(CCCNC=O)CCCNC=O. The highest BCUT2D eigenvalue weighted by molar-refractivity contribution is 6.17. The Morgan fingerprint density at radius 2 is 0.980 bits per heavy atom. The average molecular weight is 732 g/mol. The summed E-state index contributed by atoms with van der Waals surface area (Å²) in [7, 11) is 4.28. The Hall–Kier alpha value is -3.47. The van der Waals surface area contributed by atoms with Crippen LogP contribution in [0.3, 0.4) is 0 Å². The van der Waals surface area contributed by atoms with Gasteiger partial charge in [0.05, 0.1) is 20.1 Å². The zero-order valence-corrected chi connectivity index (χ0v) is 33.1. The van der Waals surface area contributed by atoms with Crippen LogP contribution in [-0.2, 0) is 31.6 Å². The molecule has 2 unspecified atom stereocenters. The van der Waals surface area contributed by atoms with Gasteiger partial charge in [-0.15, -0.1) is 11.6 Å². The monoisotopic (exact) mass is 731 g/mol. The van der Waals surface area contributed by atoms with E-state index in [1.807, 2.05) is 7.05 Å². The number of halogens is 1.